The molecule has 0 spiro atoms. The fourth-order valence-electron chi connectivity index (χ4n) is 2.63. The van der Waals surface area contributed by atoms with Gasteiger partial charge in [0.25, 0.3) is 0 Å². The van der Waals surface area contributed by atoms with Gasteiger partial charge in [0.05, 0.1) is 0 Å². The summed E-state index contributed by atoms with van der Waals surface area (Å²) < 4.78 is 0. The molecule has 0 amide bonds. The Morgan fingerprint density at radius 3 is 2.47 bits per heavy atom. The summed E-state index contributed by atoms with van der Waals surface area (Å²) in [6.07, 6.45) is 11.2. The topological polar surface area (TPSA) is 52.0 Å². The Bertz CT molecular complexity index is 448. The summed E-state index contributed by atoms with van der Waals surface area (Å²) in [5.41, 5.74) is 14.4. The van der Waals surface area contributed by atoms with Gasteiger partial charge in [-0.25, -0.2) is 0 Å². The number of nitrogens with two attached hydrogens (primary N) is 2. The van der Waals surface area contributed by atoms with Gasteiger partial charge >= 0.3 is 0 Å². The molecule has 1 aromatic carbocycles. The number of aryl methyl sites for hydroxylation is 1. The standard InChI is InChI=1S/C17H24N2/c18-13-16-8-11-17(14-19,12-9-16)10-4-7-15-5-2-1-3-6-15/h1-3,5-6,8-9,11H,4,7,10,12-14,18-19H2. The summed E-state index contributed by atoms with van der Waals surface area (Å²) in [7, 11) is 0. The van der Waals surface area contributed by atoms with Crippen molar-refractivity contribution < 1.29 is 0 Å². The highest BCUT2D eigenvalue weighted by Crippen LogP contribution is 2.33. The van der Waals surface area contributed by atoms with Gasteiger partial charge in [0.15, 0.2) is 0 Å². The predicted molar refractivity (Wildman–Crippen MR) is 81.8 cm³/mol. The van der Waals surface area contributed by atoms with E-state index < -0.39 is 0 Å². The number of hydrogen-bond donors (Lipinski definition) is 2. The van der Waals surface area contributed by atoms with Crippen molar-refractivity contribution >= 4 is 0 Å². The third-order valence-corrected chi connectivity index (χ3v) is 4.05. The van der Waals surface area contributed by atoms with Gasteiger partial charge in [-0.05, 0) is 36.8 Å². The smallest absolute Gasteiger partial charge is 0.0174 e. The third kappa shape index (κ3) is 3.79. The van der Waals surface area contributed by atoms with Crippen LogP contribution >= 0.6 is 0 Å². The molecule has 0 aliphatic heterocycles. The van der Waals surface area contributed by atoms with E-state index >= 15 is 0 Å². The summed E-state index contributed by atoms with van der Waals surface area (Å²) in [5, 5.41) is 0. The first-order valence-corrected chi connectivity index (χ1v) is 7.10. The lowest BCUT2D eigenvalue weighted by molar-refractivity contribution is 0.351. The molecular weight excluding hydrogens is 232 g/mol. The molecule has 1 unspecified atom stereocenters. The lowest BCUT2D eigenvalue weighted by Crippen LogP contribution is -2.30. The molecule has 0 heterocycles. The first-order valence-electron chi connectivity index (χ1n) is 7.10. The molecule has 0 radical (unpaired) electrons. The van der Waals surface area contributed by atoms with Crippen LogP contribution in [0.3, 0.4) is 0 Å². The van der Waals surface area contributed by atoms with Crippen LogP contribution in [0.15, 0.2) is 54.1 Å². The number of rotatable bonds is 6. The maximum Gasteiger partial charge on any atom is 0.0174 e. The van der Waals surface area contributed by atoms with Crippen LogP contribution in [-0.2, 0) is 6.42 Å². The van der Waals surface area contributed by atoms with Crippen LogP contribution in [0.5, 0.6) is 0 Å². The van der Waals surface area contributed by atoms with E-state index in [1.807, 2.05) is 0 Å². The fourth-order valence-corrected chi connectivity index (χ4v) is 2.63. The summed E-state index contributed by atoms with van der Waals surface area (Å²) in [6, 6.07) is 10.7. The molecule has 2 heteroatoms. The average molecular weight is 256 g/mol. The molecule has 1 atom stereocenters. The zero-order chi connectivity index (χ0) is 13.6. The van der Waals surface area contributed by atoms with Crippen molar-refractivity contribution in [1.29, 1.82) is 0 Å². The lowest BCUT2D eigenvalue weighted by atomic mass is 9.76. The van der Waals surface area contributed by atoms with E-state index in [-0.39, 0.29) is 5.41 Å². The Morgan fingerprint density at radius 1 is 1.11 bits per heavy atom. The Labute approximate surface area is 116 Å². The highest BCUT2D eigenvalue weighted by Gasteiger charge is 2.25. The Kier molecular flexibility index (Phi) is 4.94. The largest absolute Gasteiger partial charge is 0.330 e. The monoisotopic (exact) mass is 256 g/mol. The first kappa shape index (κ1) is 14.0. The van der Waals surface area contributed by atoms with Gasteiger partial charge in [0.2, 0.25) is 0 Å². The van der Waals surface area contributed by atoms with Crippen molar-refractivity contribution in [1.82, 2.24) is 0 Å². The molecule has 0 aromatic heterocycles. The van der Waals surface area contributed by atoms with Crippen molar-refractivity contribution in [2.24, 2.45) is 16.9 Å². The van der Waals surface area contributed by atoms with Crippen LogP contribution in [0.4, 0.5) is 0 Å². The Balaban J connectivity index is 1.87. The zero-order valence-corrected chi connectivity index (χ0v) is 11.5. The summed E-state index contributed by atoms with van der Waals surface area (Å²) in [6.45, 7) is 1.34. The molecule has 1 aliphatic carbocycles. The van der Waals surface area contributed by atoms with Crippen LogP contribution in [0.2, 0.25) is 0 Å². The minimum atomic E-state index is 0.146. The molecule has 2 rings (SSSR count). The van der Waals surface area contributed by atoms with E-state index in [4.69, 9.17) is 11.5 Å². The zero-order valence-electron chi connectivity index (χ0n) is 11.5. The van der Waals surface area contributed by atoms with Crippen molar-refractivity contribution in [2.45, 2.75) is 25.7 Å². The quantitative estimate of drug-likeness (QED) is 0.822. The van der Waals surface area contributed by atoms with Gasteiger partial charge in [-0.2, -0.15) is 0 Å². The first-order chi connectivity index (χ1) is 9.28. The highest BCUT2D eigenvalue weighted by atomic mass is 14.6. The van der Waals surface area contributed by atoms with E-state index in [0.29, 0.717) is 13.1 Å². The van der Waals surface area contributed by atoms with Crippen LogP contribution in [0, 0.1) is 5.41 Å². The molecule has 19 heavy (non-hydrogen) atoms. The Morgan fingerprint density at radius 2 is 1.89 bits per heavy atom. The second kappa shape index (κ2) is 6.69. The van der Waals surface area contributed by atoms with Crippen LogP contribution in [-0.4, -0.2) is 13.1 Å². The van der Waals surface area contributed by atoms with Crippen LogP contribution < -0.4 is 11.5 Å². The van der Waals surface area contributed by atoms with E-state index in [0.717, 1.165) is 19.3 Å². The number of hydrogen-bond acceptors (Lipinski definition) is 2. The van der Waals surface area contributed by atoms with E-state index in [2.05, 4.69) is 48.6 Å². The summed E-state index contributed by atoms with van der Waals surface area (Å²) >= 11 is 0. The van der Waals surface area contributed by atoms with Crippen molar-refractivity contribution in [3.63, 3.8) is 0 Å². The second-order valence-electron chi connectivity index (χ2n) is 5.43. The second-order valence-corrected chi connectivity index (χ2v) is 5.43. The molecule has 0 bridgehead atoms. The molecule has 0 saturated heterocycles. The normalized spacial score (nSPS) is 22.3. The SMILES string of the molecule is NCC1=CCC(CN)(CCCc2ccccc2)C=C1. The van der Waals surface area contributed by atoms with Crippen LogP contribution in [0.25, 0.3) is 0 Å². The Hall–Kier alpha value is -1.38. The molecule has 1 aliphatic rings. The van der Waals surface area contributed by atoms with Crippen molar-refractivity contribution in [2.75, 3.05) is 13.1 Å². The van der Waals surface area contributed by atoms with Crippen LogP contribution in [0.1, 0.15) is 24.8 Å². The maximum absolute atomic E-state index is 5.99. The molecule has 1 aromatic rings. The molecule has 102 valence electrons. The molecule has 4 N–H and O–H groups in total. The van der Waals surface area contributed by atoms with E-state index in [9.17, 15) is 0 Å². The van der Waals surface area contributed by atoms with Crippen molar-refractivity contribution in [3.8, 4) is 0 Å². The van der Waals surface area contributed by atoms with Gasteiger partial charge < -0.3 is 11.5 Å². The minimum absolute atomic E-state index is 0.146. The van der Waals surface area contributed by atoms with Gasteiger partial charge in [0, 0.05) is 18.5 Å². The summed E-state index contributed by atoms with van der Waals surface area (Å²) in [5.74, 6) is 0. The lowest BCUT2D eigenvalue weighted by Gasteiger charge is -2.31. The third-order valence-electron chi connectivity index (χ3n) is 4.05. The molecule has 2 nitrogen and oxygen atoms in total. The maximum atomic E-state index is 5.99. The summed E-state index contributed by atoms with van der Waals surface area (Å²) in [4.78, 5) is 0. The number of allylic oxidation sites excluding steroid dienone is 1. The predicted octanol–water partition coefficient (Wildman–Crippen LogP) is 2.80. The highest BCUT2D eigenvalue weighted by molar-refractivity contribution is 5.28. The van der Waals surface area contributed by atoms with E-state index in [1.54, 1.807) is 0 Å². The minimum Gasteiger partial charge on any atom is -0.330 e. The molecular formula is C17H24N2. The van der Waals surface area contributed by atoms with Crippen molar-refractivity contribution in [3.05, 3.63) is 59.7 Å². The fraction of sp³-hybridized carbons (Fsp3) is 0.412. The molecule has 0 saturated carbocycles. The average Bonchev–Trinajstić information content (AvgIpc) is 2.49. The van der Waals surface area contributed by atoms with Gasteiger partial charge in [-0.3, -0.25) is 0 Å². The van der Waals surface area contributed by atoms with Gasteiger partial charge in [0.1, 0.15) is 0 Å². The molecule has 0 fully saturated rings. The van der Waals surface area contributed by atoms with Gasteiger partial charge in [-0.15, -0.1) is 0 Å². The number of benzene rings is 1. The van der Waals surface area contributed by atoms with E-state index in [1.165, 1.54) is 17.6 Å². The van der Waals surface area contributed by atoms with Gasteiger partial charge in [-0.1, -0.05) is 48.6 Å².